The molecule has 0 spiro atoms. The number of fused-ring (bicyclic) bond motifs is 2. The number of imide groups is 1. The van der Waals surface area contributed by atoms with Gasteiger partial charge in [-0.2, -0.15) is 5.10 Å². The van der Waals surface area contributed by atoms with Crippen molar-refractivity contribution in [1.29, 1.82) is 0 Å². The lowest BCUT2D eigenvalue weighted by Crippen LogP contribution is -2.49. The van der Waals surface area contributed by atoms with Gasteiger partial charge in [-0.25, -0.2) is 14.0 Å². The number of carboxylic acid groups (broad SMARTS) is 2. The summed E-state index contributed by atoms with van der Waals surface area (Å²) in [5.41, 5.74) is 1.46. The molecule has 11 nitrogen and oxygen atoms in total. The Hall–Kier alpha value is -4.58. The van der Waals surface area contributed by atoms with Crippen LogP contribution >= 0.6 is 0 Å². The van der Waals surface area contributed by atoms with Crippen molar-refractivity contribution in [2.24, 2.45) is 0 Å². The fourth-order valence-corrected chi connectivity index (χ4v) is 4.22. The number of piperazine rings is 1. The smallest absolute Gasteiger partial charge is 0.328 e. The molecule has 5 rings (SSSR count). The normalized spacial score (nSPS) is 15.7. The highest BCUT2D eigenvalue weighted by Crippen LogP contribution is 2.25. The van der Waals surface area contributed by atoms with Gasteiger partial charge in [0.2, 0.25) is 0 Å². The number of rotatable bonds is 6. The Kier molecular flexibility index (Phi) is 7.58. The number of hydrogen-bond acceptors (Lipinski definition) is 7. The van der Waals surface area contributed by atoms with Gasteiger partial charge in [0.05, 0.1) is 16.6 Å². The number of halogens is 1. The van der Waals surface area contributed by atoms with Gasteiger partial charge in [0.15, 0.2) is 5.82 Å². The molecule has 0 saturated carbocycles. The molecule has 2 aliphatic heterocycles. The van der Waals surface area contributed by atoms with E-state index in [1.807, 2.05) is 18.2 Å². The molecule has 3 N–H and O–H groups in total. The van der Waals surface area contributed by atoms with Gasteiger partial charge < -0.3 is 15.1 Å². The first-order chi connectivity index (χ1) is 17.7. The minimum atomic E-state index is -1.26. The van der Waals surface area contributed by atoms with Crippen molar-refractivity contribution in [3.05, 3.63) is 71.6 Å². The lowest BCUT2D eigenvalue weighted by Gasteiger charge is -2.35. The van der Waals surface area contributed by atoms with Crippen molar-refractivity contribution >= 4 is 40.5 Å². The fourth-order valence-electron chi connectivity index (χ4n) is 4.22. The molecule has 12 heteroatoms. The van der Waals surface area contributed by atoms with Crippen LogP contribution in [0.5, 0.6) is 0 Å². The fraction of sp³-hybridized carbons (Fsp3) is 0.240. The highest BCUT2D eigenvalue weighted by Gasteiger charge is 2.35. The second-order valence-electron chi connectivity index (χ2n) is 8.38. The van der Waals surface area contributed by atoms with Crippen LogP contribution in [0, 0.1) is 5.82 Å². The second kappa shape index (κ2) is 11.0. The summed E-state index contributed by atoms with van der Waals surface area (Å²) in [7, 11) is 0. The second-order valence-corrected chi connectivity index (χ2v) is 8.38. The molecular formula is C25H24FN5O6. The summed E-state index contributed by atoms with van der Waals surface area (Å²) in [6, 6.07) is 11.8. The molecule has 2 amide bonds. The van der Waals surface area contributed by atoms with Crippen LogP contribution in [0.2, 0.25) is 0 Å². The van der Waals surface area contributed by atoms with E-state index in [0.29, 0.717) is 25.2 Å². The van der Waals surface area contributed by atoms with E-state index in [1.54, 1.807) is 0 Å². The molecule has 1 aromatic heterocycles. The molecule has 2 aliphatic rings. The summed E-state index contributed by atoms with van der Waals surface area (Å²) < 4.78 is 13.4. The van der Waals surface area contributed by atoms with E-state index < -0.39 is 23.7 Å². The van der Waals surface area contributed by atoms with Crippen LogP contribution in [0.3, 0.4) is 0 Å². The zero-order chi connectivity index (χ0) is 26.5. The van der Waals surface area contributed by atoms with E-state index in [2.05, 4.69) is 26.1 Å². The Labute approximate surface area is 210 Å². The van der Waals surface area contributed by atoms with E-state index in [4.69, 9.17) is 10.2 Å². The van der Waals surface area contributed by atoms with E-state index >= 15 is 0 Å². The number of nitrogens with zero attached hydrogens (tertiary/aromatic N) is 4. The van der Waals surface area contributed by atoms with Crippen LogP contribution in [0.25, 0.3) is 10.9 Å². The number of carbonyl (C=O) groups is 4. The number of benzene rings is 2. The topological polar surface area (TPSA) is 147 Å². The zero-order valence-corrected chi connectivity index (χ0v) is 19.6. The lowest BCUT2D eigenvalue weighted by atomic mass is 10.1. The number of para-hydroxylation sites is 1. The van der Waals surface area contributed by atoms with Crippen LogP contribution in [0.4, 0.5) is 10.2 Å². The molecule has 0 bridgehead atoms. The summed E-state index contributed by atoms with van der Waals surface area (Å²) in [4.78, 5) is 49.7. The van der Waals surface area contributed by atoms with Crippen molar-refractivity contribution in [2.75, 3.05) is 44.2 Å². The van der Waals surface area contributed by atoms with E-state index in [9.17, 15) is 23.6 Å². The number of anilines is 1. The van der Waals surface area contributed by atoms with Gasteiger partial charge in [-0.3, -0.25) is 24.5 Å². The molecule has 3 aromatic rings. The first-order valence-corrected chi connectivity index (χ1v) is 11.4. The van der Waals surface area contributed by atoms with Crippen molar-refractivity contribution in [3.63, 3.8) is 0 Å². The maximum absolute atomic E-state index is 13.4. The molecule has 1 fully saturated rings. The minimum Gasteiger partial charge on any atom is -0.478 e. The number of carboxylic acids is 2. The molecule has 192 valence electrons. The minimum absolute atomic E-state index is 0.158. The lowest BCUT2D eigenvalue weighted by molar-refractivity contribution is -0.134. The van der Waals surface area contributed by atoms with Crippen LogP contribution in [-0.4, -0.2) is 93.2 Å². The standard InChI is InChI=1S/C21H20FN5O2.C4H4O4/c22-14-5-6-15-17(13-14)21(29)27(20(15)28)12-9-25-7-10-26(11-8-25)19-16-3-1-2-4-18(16)23-24-19;5-3(6)1-2-4(7)8/h1-6,13H,7-12H2,(H,23,24);1-2H,(H,5,6)(H,7,8). The van der Waals surface area contributed by atoms with Gasteiger partial charge in [0.25, 0.3) is 11.8 Å². The third-order valence-electron chi connectivity index (χ3n) is 6.06. The summed E-state index contributed by atoms with van der Waals surface area (Å²) in [5.74, 6) is -2.81. The monoisotopic (exact) mass is 509 g/mol. The largest absolute Gasteiger partial charge is 0.478 e. The molecule has 0 aliphatic carbocycles. The van der Waals surface area contributed by atoms with Gasteiger partial charge in [-0.1, -0.05) is 12.1 Å². The Bertz CT molecular complexity index is 1360. The molecule has 0 radical (unpaired) electrons. The Morgan fingerprint density at radius 3 is 2.24 bits per heavy atom. The van der Waals surface area contributed by atoms with Crippen LogP contribution in [-0.2, 0) is 9.59 Å². The van der Waals surface area contributed by atoms with E-state index in [0.717, 1.165) is 49.0 Å². The Balaban J connectivity index is 0.000000349. The van der Waals surface area contributed by atoms with Crippen LogP contribution < -0.4 is 4.90 Å². The summed E-state index contributed by atoms with van der Waals surface area (Å²) in [6.07, 6.45) is 1.12. The van der Waals surface area contributed by atoms with Crippen molar-refractivity contribution in [3.8, 4) is 0 Å². The molecule has 2 aromatic carbocycles. The highest BCUT2D eigenvalue weighted by atomic mass is 19.1. The van der Waals surface area contributed by atoms with E-state index in [1.165, 1.54) is 17.0 Å². The summed E-state index contributed by atoms with van der Waals surface area (Å²) >= 11 is 0. The zero-order valence-electron chi connectivity index (χ0n) is 19.6. The number of H-pyrrole nitrogens is 1. The number of aromatic amines is 1. The Morgan fingerprint density at radius 1 is 0.919 bits per heavy atom. The van der Waals surface area contributed by atoms with Gasteiger partial charge in [0, 0.05) is 56.8 Å². The molecule has 0 atom stereocenters. The predicted molar refractivity (Wildman–Crippen MR) is 131 cm³/mol. The number of aromatic nitrogens is 2. The first-order valence-electron chi connectivity index (χ1n) is 11.4. The summed E-state index contributed by atoms with van der Waals surface area (Å²) in [6.45, 7) is 4.19. The average Bonchev–Trinajstić information content (AvgIpc) is 3.41. The molecular weight excluding hydrogens is 485 g/mol. The van der Waals surface area contributed by atoms with Crippen molar-refractivity contribution in [2.45, 2.75) is 0 Å². The van der Waals surface area contributed by atoms with Crippen molar-refractivity contribution < 1.29 is 33.8 Å². The van der Waals surface area contributed by atoms with Crippen LogP contribution in [0.1, 0.15) is 20.7 Å². The maximum Gasteiger partial charge on any atom is 0.328 e. The van der Waals surface area contributed by atoms with Gasteiger partial charge in [-0.15, -0.1) is 0 Å². The summed E-state index contributed by atoms with van der Waals surface area (Å²) in [5, 5.41) is 24.3. The van der Waals surface area contributed by atoms with Gasteiger partial charge >= 0.3 is 11.9 Å². The van der Waals surface area contributed by atoms with E-state index in [-0.39, 0.29) is 17.0 Å². The maximum atomic E-state index is 13.4. The van der Waals surface area contributed by atoms with Crippen molar-refractivity contribution in [1.82, 2.24) is 20.0 Å². The number of hydrogen-bond donors (Lipinski definition) is 3. The number of amides is 2. The molecule has 37 heavy (non-hydrogen) atoms. The SMILES string of the molecule is O=C(O)C=CC(=O)O.O=C1c2ccc(F)cc2C(=O)N1CCN1CCN(c2n[nH]c3ccccc23)CC1. The van der Waals surface area contributed by atoms with Gasteiger partial charge in [-0.05, 0) is 30.3 Å². The average molecular weight is 509 g/mol. The molecule has 1 saturated heterocycles. The Morgan fingerprint density at radius 2 is 1.57 bits per heavy atom. The quantitative estimate of drug-likeness (QED) is 0.334. The van der Waals surface area contributed by atoms with Crippen LogP contribution in [0.15, 0.2) is 54.6 Å². The number of nitrogens with one attached hydrogen (secondary N) is 1. The molecule has 0 unspecified atom stereocenters. The first kappa shape index (κ1) is 25.5. The third kappa shape index (κ3) is 5.81. The third-order valence-corrected chi connectivity index (χ3v) is 6.06. The molecule has 3 heterocycles. The number of carbonyl (C=O) groups excluding carboxylic acids is 2. The van der Waals surface area contributed by atoms with Gasteiger partial charge in [0.1, 0.15) is 5.82 Å². The highest BCUT2D eigenvalue weighted by molar-refractivity contribution is 6.21. The number of aliphatic carboxylic acids is 2. The predicted octanol–water partition coefficient (Wildman–Crippen LogP) is 1.83.